The zero-order valence-corrected chi connectivity index (χ0v) is 10.6. The fourth-order valence-corrected chi connectivity index (χ4v) is 1.48. The summed E-state index contributed by atoms with van der Waals surface area (Å²) in [4.78, 5) is 6.43. The second kappa shape index (κ2) is 5.97. The van der Waals surface area contributed by atoms with Crippen molar-refractivity contribution in [3.63, 3.8) is 0 Å². The van der Waals surface area contributed by atoms with E-state index in [0.717, 1.165) is 26.1 Å². The van der Waals surface area contributed by atoms with Crippen molar-refractivity contribution in [2.24, 2.45) is 11.1 Å². The summed E-state index contributed by atoms with van der Waals surface area (Å²) in [6.07, 6.45) is 4.85. The summed E-state index contributed by atoms with van der Waals surface area (Å²) >= 11 is 0. The zero-order chi connectivity index (χ0) is 12.0. The molecule has 1 heterocycles. The Balaban J connectivity index is 2.34. The van der Waals surface area contributed by atoms with Gasteiger partial charge in [-0.25, -0.2) is 0 Å². The van der Waals surface area contributed by atoms with Gasteiger partial charge in [-0.1, -0.05) is 19.9 Å². The minimum Gasteiger partial charge on any atom is -0.330 e. The highest BCUT2D eigenvalue weighted by Crippen LogP contribution is 2.18. The fraction of sp³-hybridized carbons (Fsp3) is 0.615. The van der Waals surface area contributed by atoms with Crippen LogP contribution >= 0.6 is 0 Å². The van der Waals surface area contributed by atoms with Gasteiger partial charge in [-0.05, 0) is 43.6 Å². The summed E-state index contributed by atoms with van der Waals surface area (Å²) in [7, 11) is 2.14. The largest absolute Gasteiger partial charge is 0.330 e. The van der Waals surface area contributed by atoms with Gasteiger partial charge < -0.3 is 10.6 Å². The van der Waals surface area contributed by atoms with Crippen molar-refractivity contribution in [2.75, 3.05) is 20.1 Å². The Labute approximate surface area is 98.7 Å². The summed E-state index contributed by atoms with van der Waals surface area (Å²) < 4.78 is 0. The number of rotatable bonds is 6. The van der Waals surface area contributed by atoms with Crippen LogP contribution in [0.1, 0.15) is 25.8 Å². The number of pyridine rings is 1. The molecule has 0 aliphatic carbocycles. The first-order valence-corrected chi connectivity index (χ1v) is 5.81. The average Bonchev–Trinajstić information content (AvgIpc) is 2.28. The van der Waals surface area contributed by atoms with E-state index in [9.17, 15) is 0 Å². The standard InChI is InChI=1S/C13H23N3/c1-13(2,11-14)6-8-16(3)10-12-5-4-7-15-9-12/h4-5,7,9H,6,8,10-11,14H2,1-3H3. The molecule has 0 aliphatic heterocycles. The van der Waals surface area contributed by atoms with Crippen molar-refractivity contribution in [2.45, 2.75) is 26.8 Å². The lowest BCUT2D eigenvalue weighted by Crippen LogP contribution is -2.29. The molecule has 0 radical (unpaired) electrons. The predicted octanol–water partition coefficient (Wildman–Crippen LogP) is 1.89. The highest BCUT2D eigenvalue weighted by atomic mass is 15.1. The summed E-state index contributed by atoms with van der Waals surface area (Å²) in [6, 6.07) is 4.09. The molecule has 0 aromatic carbocycles. The van der Waals surface area contributed by atoms with Gasteiger partial charge >= 0.3 is 0 Å². The van der Waals surface area contributed by atoms with E-state index in [-0.39, 0.29) is 5.41 Å². The molecule has 3 nitrogen and oxygen atoms in total. The molecule has 1 aromatic heterocycles. The van der Waals surface area contributed by atoms with Crippen molar-refractivity contribution >= 4 is 0 Å². The van der Waals surface area contributed by atoms with Crippen molar-refractivity contribution in [3.8, 4) is 0 Å². The van der Waals surface area contributed by atoms with Gasteiger partial charge in [0.1, 0.15) is 0 Å². The summed E-state index contributed by atoms with van der Waals surface area (Å²) in [5.41, 5.74) is 7.22. The molecule has 0 saturated heterocycles. The monoisotopic (exact) mass is 221 g/mol. The number of nitrogens with zero attached hydrogens (tertiary/aromatic N) is 2. The molecule has 16 heavy (non-hydrogen) atoms. The highest BCUT2D eigenvalue weighted by Gasteiger charge is 2.15. The lowest BCUT2D eigenvalue weighted by molar-refractivity contribution is 0.249. The smallest absolute Gasteiger partial charge is 0.0312 e. The average molecular weight is 221 g/mol. The minimum atomic E-state index is 0.239. The Morgan fingerprint density at radius 1 is 1.44 bits per heavy atom. The Hall–Kier alpha value is -0.930. The van der Waals surface area contributed by atoms with Crippen LogP contribution in [0.4, 0.5) is 0 Å². The lowest BCUT2D eigenvalue weighted by Gasteiger charge is -2.26. The molecule has 0 unspecified atom stereocenters. The maximum absolute atomic E-state index is 5.72. The zero-order valence-electron chi connectivity index (χ0n) is 10.6. The van der Waals surface area contributed by atoms with Crippen molar-refractivity contribution in [1.82, 2.24) is 9.88 Å². The highest BCUT2D eigenvalue weighted by molar-refractivity contribution is 5.07. The first kappa shape index (κ1) is 13.1. The van der Waals surface area contributed by atoms with E-state index in [2.05, 4.69) is 36.8 Å². The molecule has 1 aromatic rings. The first-order valence-electron chi connectivity index (χ1n) is 5.81. The van der Waals surface area contributed by atoms with Gasteiger partial charge in [0.25, 0.3) is 0 Å². The van der Waals surface area contributed by atoms with Crippen LogP contribution in [0.2, 0.25) is 0 Å². The minimum absolute atomic E-state index is 0.239. The second-order valence-electron chi connectivity index (χ2n) is 5.22. The third kappa shape index (κ3) is 4.73. The quantitative estimate of drug-likeness (QED) is 0.797. The van der Waals surface area contributed by atoms with Crippen LogP contribution in [0.25, 0.3) is 0 Å². The van der Waals surface area contributed by atoms with Gasteiger partial charge in [-0.2, -0.15) is 0 Å². The molecule has 0 fully saturated rings. The van der Waals surface area contributed by atoms with Crippen LogP contribution in [0.3, 0.4) is 0 Å². The van der Waals surface area contributed by atoms with Crippen LogP contribution in [-0.4, -0.2) is 30.0 Å². The van der Waals surface area contributed by atoms with E-state index in [1.807, 2.05) is 12.3 Å². The molecule has 90 valence electrons. The van der Waals surface area contributed by atoms with Gasteiger partial charge in [0.15, 0.2) is 0 Å². The lowest BCUT2D eigenvalue weighted by atomic mass is 9.89. The van der Waals surface area contributed by atoms with Crippen LogP contribution in [0.5, 0.6) is 0 Å². The summed E-state index contributed by atoms with van der Waals surface area (Å²) in [6.45, 7) is 7.19. The van der Waals surface area contributed by atoms with Crippen molar-refractivity contribution in [3.05, 3.63) is 30.1 Å². The van der Waals surface area contributed by atoms with Crippen LogP contribution in [0.15, 0.2) is 24.5 Å². The van der Waals surface area contributed by atoms with Crippen molar-refractivity contribution in [1.29, 1.82) is 0 Å². The molecule has 2 N–H and O–H groups in total. The topological polar surface area (TPSA) is 42.1 Å². The van der Waals surface area contributed by atoms with Crippen LogP contribution < -0.4 is 5.73 Å². The molecule has 0 amide bonds. The maximum atomic E-state index is 5.72. The Bertz CT molecular complexity index is 295. The molecule has 0 atom stereocenters. The molecule has 3 heteroatoms. The Kier molecular flexibility index (Phi) is 4.90. The molecule has 0 bridgehead atoms. The molecule has 0 aliphatic rings. The van der Waals surface area contributed by atoms with Crippen molar-refractivity contribution < 1.29 is 0 Å². The van der Waals surface area contributed by atoms with Gasteiger partial charge in [-0.15, -0.1) is 0 Å². The van der Waals surface area contributed by atoms with E-state index in [0.29, 0.717) is 0 Å². The number of aromatic nitrogens is 1. The van der Waals surface area contributed by atoms with Gasteiger partial charge in [0, 0.05) is 18.9 Å². The van der Waals surface area contributed by atoms with Gasteiger partial charge in [-0.3, -0.25) is 4.98 Å². The molecule has 0 saturated carbocycles. The van der Waals surface area contributed by atoms with E-state index in [1.165, 1.54) is 5.56 Å². The van der Waals surface area contributed by atoms with E-state index < -0.39 is 0 Å². The Morgan fingerprint density at radius 2 is 2.19 bits per heavy atom. The normalized spacial score (nSPS) is 12.1. The number of hydrogen-bond donors (Lipinski definition) is 1. The molecular formula is C13H23N3. The van der Waals surface area contributed by atoms with Crippen LogP contribution in [-0.2, 0) is 6.54 Å². The fourth-order valence-electron chi connectivity index (χ4n) is 1.48. The Morgan fingerprint density at radius 3 is 2.75 bits per heavy atom. The third-order valence-electron chi connectivity index (χ3n) is 2.90. The SMILES string of the molecule is CN(CCC(C)(C)CN)Cc1cccnc1. The first-order chi connectivity index (χ1) is 7.53. The van der Waals surface area contributed by atoms with E-state index in [4.69, 9.17) is 5.73 Å². The maximum Gasteiger partial charge on any atom is 0.0312 e. The summed E-state index contributed by atoms with van der Waals surface area (Å²) in [5, 5.41) is 0. The van der Waals surface area contributed by atoms with E-state index in [1.54, 1.807) is 6.20 Å². The molecule has 0 spiro atoms. The third-order valence-corrected chi connectivity index (χ3v) is 2.90. The molecule has 1 rings (SSSR count). The molecular weight excluding hydrogens is 198 g/mol. The summed E-state index contributed by atoms with van der Waals surface area (Å²) in [5.74, 6) is 0. The van der Waals surface area contributed by atoms with Crippen LogP contribution in [0, 0.1) is 5.41 Å². The predicted molar refractivity (Wildman–Crippen MR) is 68.0 cm³/mol. The van der Waals surface area contributed by atoms with Gasteiger partial charge in [0.05, 0.1) is 0 Å². The second-order valence-corrected chi connectivity index (χ2v) is 5.22. The van der Waals surface area contributed by atoms with E-state index >= 15 is 0 Å². The number of nitrogens with two attached hydrogens (primary N) is 1. The van der Waals surface area contributed by atoms with Gasteiger partial charge in [0.2, 0.25) is 0 Å². The number of hydrogen-bond acceptors (Lipinski definition) is 3.